The first kappa shape index (κ1) is 11.6. The molecular formula is C9H15N3O3. The van der Waals surface area contributed by atoms with E-state index < -0.39 is 23.3 Å². The summed E-state index contributed by atoms with van der Waals surface area (Å²) in [5.74, 6) is -0.970. The van der Waals surface area contributed by atoms with Crippen LogP contribution < -0.4 is 5.73 Å². The van der Waals surface area contributed by atoms with E-state index in [4.69, 9.17) is 5.73 Å². The number of amides is 4. The first-order valence-corrected chi connectivity index (χ1v) is 4.66. The van der Waals surface area contributed by atoms with E-state index in [1.165, 1.54) is 21.0 Å². The summed E-state index contributed by atoms with van der Waals surface area (Å²) >= 11 is 0. The molecule has 0 aromatic carbocycles. The third kappa shape index (κ3) is 1.50. The Labute approximate surface area is 88.0 Å². The van der Waals surface area contributed by atoms with Crippen LogP contribution in [0.1, 0.15) is 13.3 Å². The van der Waals surface area contributed by atoms with E-state index in [1.54, 1.807) is 0 Å². The molecule has 1 saturated heterocycles. The number of nitrogens with two attached hydrogens (primary N) is 1. The molecule has 0 radical (unpaired) electrons. The number of urea groups is 1. The molecule has 0 spiro atoms. The Morgan fingerprint density at radius 3 is 1.87 bits per heavy atom. The number of carbonyl (C=O) groups excluding carboxylic acids is 3. The molecule has 0 aromatic rings. The third-order valence-electron chi connectivity index (χ3n) is 2.77. The first-order valence-electron chi connectivity index (χ1n) is 4.66. The maximum absolute atomic E-state index is 11.8. The van der Waals surface area contributed by atoms with Gasteiger partial charge >= 0.3 is 6.03 Å². The zero-order chi connectivity index (χ0) is 11.8. The second kappa shape index (κ2) is 3.62. The van der Waals surface area contributed by atoms with Crippen molar-refractivity contribution in [3.05, 3.63) is 0 Å². The maximum Gasteiger partial charge on any atom is 0.332 e. The van der Waals surface area contributed by atoms with Crippen molar-refractivity contribution in [3.63, 3.8) is 0 Å². The van der Waals surface area contributed by atoms with Crippen molar-refractivity contribution in [1.29, 1.82) is 0 Å². The average Bonchev–Trinajstić information content (AvgIpc) is 2.22. The van der Waals surface area contributed by atoms with E-state index in [9.17, 15) is 14.4 Å². The van der Waals surface area contributed by atoms with E-state index in [1.807, 2.05) is 0 Å². The summed E-state index contributed by atoms with van der Waals surface area (Å²) in [6.45, 7) is 1.74. The molecule has 84 valence electrons. The maximum atomic E-state index is 11.8. The summed E-state index contributed by atoms with van der Waals surface area (Å²) in [5, 5.41) is 0. The fourth-order valence-electron chi connectivity index (χ4n) is 1.73. The van der Waals surface area contributed by atoms with Crippen molar-refractivity contribution >= 4 is 17.8 Å². The van der Waals surface area contributed by atoms with E-state index >= 15 is 0 Å². The molecule has 2 N–H and O–H groups in total. The molecule has 0 atom stereocenters. The number of hydrogen-bond donors (Lipinski definition) is 1. The zero-order valence-corrected chi connectivity index (χ0v) is 9.11. The number of nitrogens with zero attached hydrogens (tertiary/aromatic N) is 2. The van der Waals surface area contributed by atoms with Gasteiger partial charge in [-0.15, -0.1) is 0 Å². The molecule has 0 aromatic heterocycles. The fourth-order valence-corrected chi connectivity index (χ4v) is 1.73. The molecule has 0 unspecified atom stereocenters. The summed E-state index contributed by atoms with van der Waals surface area (Å²) in [5.41, 5.74) is 4.17. The van der Waals surface area contributed by atoms with Crippen molar-refractivity contribution in [2.75, 3.05) is 20.6 Å². The van der Waals surface area contributed by atoms with Crippen molar-refractivity contribution in [1.82, 2.24) is 9.80 Å². The van der Waals surface area contributed by atoms with Crippen molar-refractivity contribution < 1.29 is 14.4 Å². The summed E-state index contributed by atoms with van der Waals surface area (Å²) in [6.07, 6.45) is 0.243. The minimum atomic E-state index is -1.20. The predicted molar refractivity (Wildman–Crippen MR) is 52.7 cm³/mol. The van der Waals surface area contributed by atoms with Crippen LogP contribution in [0.3, 0.4) is 0 Å². The molecular weight excluding hydrogens is 198 g/mol. The molecule has 15 heavy (non-hydrogen) atoms. The number of hydrogen-bond acceptors (Lipinski definition) is 4. The minimum absolute atomic E-state index is 0.226. The number of barbiturate groups is 1. The van der Waals surface area contributed by atoms with Gasteiger partial charge in [0.25, 0.3) is 0 Å². The number of carbonyl (C=O) groups is 3. The van der Waals surface area contributed by atoms with Gasteiger partial charge in [-0.2, -0.15) is 0 Å². The lowest BCUT2D eigenvalue weighted by atomic mass is 9.82. The Kier molecular flexibility index (Phi) is 2.81. The van der Waals surface area contributed by atoms with Crippen molar-refractivity contribution in [2.24, 2.45) is 11.1 Å². The van der Waals surface area contributed by atoms with E-state index in [0.717, 1.165) is 9.80 Å². The lowest BCUT2D eigenvalue weighted by molar-refractivity contribution is -0.156. The highest BCUT2D eigenvalue weighted by atomic mass is 16.2. The van der Waals surface area contributed by atoms with Gasteiger partial charge in [-0.05, 0) is 19.9 Å². The number of imide groups is 2. The minimum Gasteiger partial charge on any atom is -0.330 e. The molecule has 1 rings (SSSR count). The predicted octanol–water partition coefficient (Wildman–Crippen LogP) is -0.608. The zero-order valence-electron chi connectivity index (χ0n) is 9.11. The fraction of sp³-hybridized carbons (Fsp3) is 0.667. The molecule has 4 amide bonds. The van der Waals surface area contributed by atoms with E-state index in [-0.39, 0.29) is 13.0 Å². The van der Waals surface area contributed by atoms with Crippen LogP contribution in [-0.2, 0) is 9.59 Å². The van der Waals surface area contributed by atoms with Crippen LogP contribution in [-0.4, -0.2) is 48.3 Å². The molecule has 0 bridgehead atoms. The standard InChI is InChI=1S/C9H15N3O3/c1-9(4-5-10)6(13)11(2)8(15)12(3)7(9)14/h4-5,10H2,1-3H3. The quantitative estimate of drug-likeness (QED) is 0.620. The van der Waals surface area contributed by atoms with E-state index in [2.05, 4.69) is 0 Å². The van der Waals surface area contributed by atoms with Crippen molar-refractivity contribution in [2.45, 2.75) is 13.3 Å². The van der Waals surface area contributed by atoms with Crippen LogP contribution in [0, 0.1) is 5.41 Å². The number of rotatable bonds is 2. The van der Waals surface area contributed by atoms with Crippen molar-refractivity contribution in [3.8, 4) is 0 Å². The Morgan fingerprint density at radius 2 is 1.53 bits per heavy atom. The van der Waals surface area contributed by atoms with Gasteiger partial charge < -0.3 is 5.73 Å². The van der Waals surface area contributed by atoms with Crippen LogP contribution in [0.25, 0.3) is 0 Å². The highest BCUT2D eigenvalue weighted by molar-refractivity contribution is 6.18. The Hall–Kier alpha value is -1.43. The van der Waals surface area contributed by atoms with Gasteiger partial charge in [-0.3, -0.25) is 19.4 Å². The Bertz CT molecular complexity index is 303. The van der Waals surface area contributed by atoms with Gasteiger partial charge in [0.05, 0.1) is 0 Å². The SMILES string of the molecule is CN1C(=O)N(C)C(=O)C(C)(CCN)C1=O. The Morgan fingerprint density at radius 1 is 1.13 bits per heavy atom. The van der Waals surface area contributed by atoms with Gasteiger partial charge in [0.2, 0.25) is 11.8 Å². The average molecular weight is 213 g/mol. The van der Waals surface area contributed by atoms with Gasteiger partial charge in [0, 0.05) is 14.1 Å². The van der Waals surface area contributed by atoms with Gasteiger partial charge in [-0.25, -0.2) is 4.79 Å². The van der Waals surface area contributed by atoms with Crippen LogP contribution in [0.4, 0.5) is 4.79 Å². The van der Waals surface area contributed by atoms with Crippen LogP contribution in [0.5, 0.6) is 0 Å². The monoisotopic (exact) mass is 213 g/mol. The normalized spacial score (nSPS) is 21.2. The summed E-state index contributed by atoms with van der Waals surface area (Å²) in [4.78, 5) is 36.9. The largest absolute Gasteiger partial charge is 0.332 e. The summed E-state index contributed by atoms with van der Waals surface area (Å²) < 4.78 is 0. The van der Waals surface area contributed by atoms with Crippen LogP contribution in [0.15, 0.2) is 0 Å². The topological polar surface area (TPSA) is 83.7 Å². The molecule has 1 heterocycles. The molecule has 0 saturated carbocycles. The lowest BCUT2D eigenvalue weighted by Crippen LogP contribution is -2.62. The lowest BCUT2D eigenvalue weighted by Gasteiger charge is -2.39. The van der Waals surface area contributed by atoms with Gasteiger partial charge in [0.15, 0.2) is 0 Å². The van der Waals surface area contributed by atoms with Crippen LogP contribution >= 0.6 is 0 Å². The Balaban J connectivity index is 3.12. The summed E-state index contributed by atoms with van der Waals surface area (Å²) in [6, 6.07) is -0.598. The smallest absolute Gasteiger partial charge is 0.330 e. The molecule has 1 aliphatic rings. The second-order valence-electron chi connectivity index (χ2n) is 3.88. The molecule has 1 aliphatic heterocycles. The van der Waals surface area contributed by atoms with Crippen LogP contribution in [0.2, 0.25) is 0 Å². The third-order valence-corrected chi connectivity index (χ3v) is 2.77. The van der Waals surface area contributed by atoms with Gasteiger partial charge in [0.1, 0.15) is 5.41 Å². The van der Waals surface area contributed by atoms with E-state index in [0.29, 0.717) is 0 Å². The van der Waals surface area contributed by atoms with Gasteiger partial charge in [-0.1, -0.05) is 0 Å². The molecule has 6 heteroatoms. The molecule has 6 nitrogen and oxygen atoms in total. The first-order chi connectivity index (χ1) is 6.86. The molecule has 1 fully saturated rings. The molecule has 0 aliphatic carbocycles. The summed E-state index contributed by atoms with van der Waals surface area (Å²) in [7, 11) is 2.73. The highest BCUT2D eigenvalue weighted by Gasteiger charge is 2.51. The second-order valence-corrected chi connectivity index (χ2v) is 3.88. The highest BCUT2D eigenvalue weighted by Crippen LogP contribution is 2.30.